The van der Waals surface area contributed by atoms with Crippen LogP contribution in [0.3, 0.4) is 0 Å². The molecule has 0 rings (SSSR count). The van der Waals surface area contributed by atoms with Gasteiger partial charge in [-0.25, -0.2) is 4.57 Å². The van der Waals surface area contributed by atoms with Gasteiger partial charge in [-0.2, -0.15) is 0 Å². The Kier molecular flexibility index (Phi) is 31.7. The van der Waals surface area contributed by atoms with Crippen LogP contribution in [0.5, 0.6) is 0 Å². The summed E-state index contributed by atoms with van der Waals surface area (Å²) >= 11 is 0. The van der Waals surface area contributed by atoms with E-state index < -0.39 is 32.5 Å². The third-order valence-corrected chi connectivity index (χ3v) is 7.08. The number of phosphoric ester groups is 1. The van der Waals surface area contributed by atoms with E-state index in [0.717, 1.165) is 77.0 Å². The Bertz CT molecular complexity index is 1090. The van der Waals surface area contributed by atoms with Crippen LogP contribution in [0, 0.1) is 0 Å². The second-order valence-electron chi connectivity index (χ2n) is 11.1. The first-order chi connectivity index (χ1) is 23.3. The Morgan fingerprint density at radius 1 is 0.542 bits per heavy atom. The van der Waals surface area contributed by atoms with E-state index in [9.17, 15) is 14.2 Å². The van der Waals surface area contributed by atoms with E-state index in [1.165, 1.54) is 0 Å². The zero-order valence-electron chi connectivity index (χ0n) is 29.3. The number of allylic oxidation sites excluding steroid dienone is 16. The molecule has 0 spiro atoms. The fourth-order valence-corrected chi connectivity index (χ4v) is 4.42. The highest BCUT2D eigenvalue weighted by Crippen LogP contribution is 2.35. The third-order valence-electron chi connectivity index (χ3n) is 6.60. The third kappa shape index (κ3) is 35.8. The van der Waals surface area contributed by atoms with Crippen molar-refractivity contribution in [2.45, 2.75) is 123 Å². The van der Waals surface area contributed by atoms with Crippen LogP contribution in [-0.2, 0) is 28.2 Å². The van der Waals surface area contributed by atoms with Gasteiger partial charge in [0.2, 0.25) is 0 Å². The van der Waals surface area contributed by atoms with Crippen molar-refractivity contribution in [1.29, 1.82) is 0 Å². The second kappa shape index (κ2) is 33.9. The zero-order valence-corrected chi connectivity index (χ0v) is 30.2. The number of hydrogen-bond acceptors (Lipinski definition) is 6. The molecule has 1 atom stereocenters. The van der Waals surface area contributed by atoms with Crippen molar-refractivity contribution in [3.8, 4) is 0 Å². The van der Waals surface area contributed by atoms with Crippen molar-refractivity contribution in [2.75, 3.05) is 13.2 Å². The molecule has 0 aliphatic heterocycles. The molecule has 8 nitrogen and oxygen atoms in total. The van der Waals surface area contributed by atoms with E-state index >= 15 is 0 Å². The molecule has 0 fully saturated rings. The average Bonchev–Trinajstić information content (AvgIpc) is 3.05. The summed E-state index contributed by atoms with van der Waals surface area (Å²) in [5, 5.41) is 0. The molecule has 270 valence electrons. The summed E-state index contributed by atoms with van der Waals surface area (Å²) in [6.45, 7) is 3.34. The molecule has 0 aromatic heterocycles. The predicted molar refractivity (Wildman–Crippen MR) is 197 cm³/mol. The lowest BCUT2D eigenvalue weighted by molar-refractivity contribution is -0.161. The second-order valence-corrected chi connectivity index (χ2v) is 12.3. The largest absolute Gasteiger partial charge is 0.469 e. The summed E-state index contributed by atoms with van der Waals surface area (Å²) in [6, 6.07) is 0. The summed E-state index contributed by atoms with van der Waals surface area (Å²) in [7, 11) is -4.78. The van der Waals surface area contributed by atoms with Gasteiger partial charge < -0.3 is 19.3 Å². The van der Waals surface area contributed by atoms with Crippen molar-refractivity contribution in [3.05, 3.63) is 97.2 Å². The summed E-state index contributed by atoms with van der Waals surface area (Å²) in [6.07, 6.45) is 45.6. The first-order valence-corrected chi connectivity index (χ1v) is 19.1. The fraction of sp³-hybridized carbons (Fsp3) is 0.538. The minimum absolute atomic E-state index is 0.144. The minimum Gasteiger partial charge on any atom is -0.462 e. The normalized spacial score (nSPS) is 13.7. The molecule has 0 saturated carbocycles. The molecule has 9 heteroatoms. The molecule has 0 aromatic carbocycles. The van der Waals surface area contributed by atoms with Gasteiger partial charge in [0.1, 0.15) is 6.61 Å². The van der Waals surface area contributed by atoms with Gasteiger partial charge in [-0.05, 0) is 89.9 Å². The SMILES string of the molecule is CC/C=C\C/C=C\C/C=C\C/C=C\CCCCC(=O)OC[C@H](COP(=O)(O)O)OC(=O)CCCC/C=C\C/C=C\C/C=C\C/C=C\CC. The lowest BCUT2D eigenvalue weighted by Crippen LogP contribution is -2.29. The van der Waals surface area contributed by atoms with Crippen molar-refractivity contribution in [1.82, 2.24) is 0 Å². The molecule has 2 N–H and O–H groups in total. The van der Waals surface area contributed by atoms with E-state index in [4.69, 9.17) is 19.3 Å². The fourth-order valence-electron chi connectivity index (χ4n) is 4.06. The molecule has 0 radical (unpaired) electrons. The Morgan fingerprint density at radius 2 is 0.917 bits per heavy atom. The zero-order chi connectivity index (χ0) is 35.4. The summed E-state index contributed by atoms with van der Waals surface area (Å²) in [5.41, 5.74) is 0. The first kappa shape index (κ1) is 45.0. The molecule has 0 amide bonds. The maximum Gasteiger partial charge on any atom is 0.469 e. The van der Waals surface area contributed by atoms with E-state index in [1.54, 1.807) is 0 Å². The van der Waals surface area contributed by atoms with Gasteiger partial charge in [-0.15, -0.1) is 0 Å². The number of ether oxygens (including phenoxy) is 2. The molecule has 0 aliphatic carbocycles. The van der Waals surface area contributed by atoms with Crippen LogP contribution in [-0.4, -0.2) is 41.0 Å². The van der Waals surface area contributed by atoms with Gasteiger partial charge in [0.05, 0.1) is 6.61 Å². The average molecular weight is 689 g/mol. The number of unbranched alkanes of at least 4 members (excludes halogenated alkanes) is 4. The van der Waals surface area contributed by atoms with E-state index in [0.29, 0.717) is 12.8 Å². The summed E-state index contributed by atoms with van der Waals surface area (Å²) in [5.74, 6) is -0.997. The lowest BCUT2D eigenvalue weighted by Gasteiger charge is -2.18. The smallest absolute Gasteiger partial charge is 0.462 e. The quantitative estimate of drug-likeness (QED) is 0.0331. The lowest BCUT2D eigenvalue weighted by atomic mass is 10.1. The van der Waals surface area contributed by atoms with Gasteiger partial charge >= 0.3 is 19.8 Å². The first-order valence-electron chi connectivity index (χ1n) is 17.5. The van der Waals surface area contributed by atoms with E-state index in [-0.39, 0.29) is 19.4 Å². The number of hydrogen-bond donors (Lipinski definition) is 2. The van der Waals surface area contributed by atoms with Crippen LogP contribution in [0.4, 0.5) is 0 Å². The van der Waals surface area contributed by atoms with Crippen LogP contribution < -0.4 is 0 Å². The van der Waals surface area contributed by atoms with Gasteiger partial charge in [0, 0.05) is 12.8 Å². The van der Waals surface area contributed by atoms with Crippen LogP contribution in [0.25, 0.3) is 0 Å². The van der Waals surface area contributed by atoms with Crippen LogP contribution in [0.15, 0.2) is 97.2 Å². The minimum atomic E-state index is -4.78. The Labute approximate surface area is 290 Å². The van der Waals surface area contributed by atoms with E-state index in [1.807, 2.05) is 0 Å². The maximum atomic E-state index is 12.3. The molecule has 0 bridgehead atoms. The van der Waals surface area contributed by atoms with Crippen molar-refractivity contribution in [3.63, 3.8) is 0 Å². The highest BCUT2D eigenvalue weighted by Gasteiger charge is 2.22. The summed E-state index contributed by atoms with van der Waals surface area (Å²) < 4.78 is 26.2. The van der Waals surface area contributed by atoms with Crippen molar-refractivity contribution >= 4 is 19.8 Å². The van der Waals surface area contributed by atoms with Gasteiger partial charge in [0.25, 0.3) is 0 Å². The molecular formula is C39H61O8P. The molecular weight excluding hydrogens is 627 g/mol. The monoisotopic (exact) mass is 688 g/mol. The molecule has 0 heterocycles. The Hall–Kier alpha value is -3.03. The highest BCUT2D eigenvalue weighted by atomic mass is 31.2. The van der Waals surface area contributed by atoms with Gasteiger partial charge in [-0.1, -0.05) is 111 Å². The van der Waals surface area contributed by atoms with E-state index in [2.05, 4.69) is 116 Å². The summed E-state index contributed by atoms with van der Waals surface area (Å²) in [4.78, 5) is 42.6. The molecule has 0 unspecified atom stereocenters. The maximum absolute atomic E-state index is 12.3. The molecule has 0 aliphatic rings. The number of rotatable bonds is 30. The number of phosphoric acid groups is 1. The topological polar surface area (TPSA) is 119 Å². The Balaban J connectivity index is 4.18. The van der Waals surface area contributed by atoms with Gasteiger partial charge in [0.15, 0.2) is 6.10 Å². The van der Waals surface area contributed by atoms with Crippen molar-refractivity contribution in [2.24, 2.45) is 0 Å². The number of esters is 2. The highest BCUT2D eigenvalue weighted by molar-refractivity contribution is 7.46. The Morgan fingerprint density at radius 3 is 1.31 bits per heavy atom. The molecule has 0 aromatic rings. The predicted octanol–water partition coefficient (Wildman–Crippen LogP) is 10.3. The standard InChI is InChI=1S/C39H61O8P/c1-3-5-7-9-11-13-15-17-19-21-23-25-27-29-31-33-38(40)45-35-37(36-46-48(42,43)44)47-39(41)34-32-30-28-26-24-22-20-18-16-14-12-10-8-6-4-2/h5-8,11-14,17-20,23-26,37H,3-4,9-10,15-16,21-22,27-36H2,1-2H3,(H2,42,43,44)/b7-5-,8-6-,13-11-,14-12-,19-17-,20-18-,25-23-,26-24-/t37-/m1/s1. The van der Waals surface area contributed by atoms with Crippen LogP contribution >= 0.6 is 7.82 Å². The van der Waals surface area contributed by atoms with Gasteiger partial charge in [-0.3, -0.25) is 14.1 Å². The van der Waals surface area contributed by atoms with Crippen LogP contribution in [0.1, 0.15) is 117 Å². The molecule has 0 saturated heterocycles. The van der Waals surface area contributed by atoms with Crippen molar-refractivity contribution < 1.29 is 37.9 Å². The molecule has 48 heavy (non-hydrogen) atoms. The van der Waals surface area contributed by atoms with Crippen LogP contribution in [0.2, 0.25) is 0 Å². The number of carbonyl (C=O) groups is 2. The number of carbonyl (C=O) groups excluding carboxylic acids is 2.